The molecule has 0 amide bonds. The zero-order valence-corrected chi connectivity index (χ0v) is 19.6. The summed E-state index contributed by atoms with van der Waals surface area (Å²) in [7, 11) is 2.75. The van der Waals surface area contributed by atoms with Gasteiger partial charge in [-0.05, 0) is 35.7 Å². The number of ether oxygens (including phenoxy) is 3. The molecule has 35 heavy (non-hydrogen) atoms. The largest absolute Gasteiger partial charge is 0.494 e. The van der Waals surface area contributed by atoms with Crippen LogP contribution in [-0.4, -0.2) is 42.7 Å². The van der Waals surface area contributed by atoms with Crippen molar-refractivity contribution in [2.24, 2.45) is 0 Å². The smallest absolute Gasteiger partial charge is 0.338 e. The number of H-pyrrole nitrogens is 1. The number of nitrogens with one attached hydrogen (secondary N) is 1. The zero-order chi connectivity index (χ0) is 24.6. The second-order valence-electron chi connectivity index (χ2n) is 7.80. The fraction of sp³-hybridized carbons (Fsp3) is 0.179. The van der Waals surface area contributed by atoms with Crippen LogP contribution in [-0.2, 0) is 14.3 Å². The number of methoxy groups -OCH3 is 2. The van der Waals surface area contributed by atoms with Gasteiger partial charge in [0.25, 0.3) is 0 Å². The number of nitrogens with zero attached hydrogens (tertiary/aromatic N) is 1. The van der Waals surface area contributed by atoms with E-state index in [1.807, 2.05) is 60.7 Å². The van der Waals surface area contributed by atoms with E-state index in [2.05, 4.69) is 14.7 Å². The number of benzene rings is 3. The highest BCUT2D eigenvalue weighted by molar-refractivity contribution is 5.96. The first-order valence-electron chi connectivity index (χ1n) is 11.2. The SMILES string of the molecule is COC(=O)CCCOc1ccc(-c2ccc(-c3nc(-c4ccccc4C(=O)OC)c[nH]3)cc2)cc1. The summed E-state index contributed by atoms with van der Waals surface area (Å²) in [6.45, 7) is 0.457. The summed E-state index contributed by atoms with van der Waals surface area (Å²) in [5.41, 5.74) is 4.91. The maximum absolute atomic E-state index is 12.1. The second-order valence-corrected chi connectivity index (χ2v) is 7.80. The van der Waals surface area contributed by atoms with Crippen molar-refractivity contribution in [2.45, 2.75) is 12.8 Å². The summed E-state index contributed by atoms with van der Waals surface area (Å²) >= 11 is 0. The molecule has 0 radical (unpaired) electrons. The van der Waals surface area contributed by atoms with Crippen LogP contribution < -0.4 is 4.74 Å². The number of aromatic nitrogens is 2. The Hall–Kier alpha value is -4.39. The minimum absolute atomic E-state index is 0.232. The summed E-state index contributed by atoms with van der Waals surface area (Å²) in [6, 6.07) is 23.1. The Morgan fingerprint density at radius 2 is 1.49 bits per heavy atom. The zero-order valence-electron chi connectivity index (χ0n) is 19.6. The predicted octanol–water partition coefficient (Wildman–Crippen LogP) is 5.53. The van der Waals surface area contributed by atoms with Gasteiger partial charge in [0.1, 0.15) is 11.6 Å². The van der Waals surface area contributed by atoms with E-state index in [4.69, 9.17) is 9.47 Å². The molecular weight excluding hydrogens is 444 g/mol. The second kappa shape index (κ2) is 11.2. The molecule has 4 rings (SSSR count). The molecule has 0 aliphatic rings. The van der Waals surface area contributed by atoms with Crippen molar-refractivity contribution in [3.05, 3.63) is 84.6 Å². The van der Waals surface area contributed by atoms with E-state index >= 15 is 0 Å². The molecule has 178 valence electrons. The molecule has 0 atom stereocenters. The van der Waals surface area contributed by atoms with E-state index < -0.39 is 5.97 Å². The first kappa shape index (κ1) is 23.8. The Morgan fingerprint density at radius 3 is 2.17 bits per heavy atom. The first-order chi connectivity index (χ1) is 17.1. The molecule has 0 fully saturated rings. The molecule has 4 aromatic rings. The molecule has 0 aliphatic heterocycles. The van der Waals surface area contributed by atoms with Gasteiger partial charge in [-0.25, -0.2) is 9.78 Å². The Balaban J connectivity index is 1.43. The molecule has 0 saturated heterocycles. The topological polar surface area (TPSA) is 90.5 Å². The maximum Gasteiger partial charge on any atom is 0.338 e. The van der Waals surface area contributed by atoms with E-state index in [1.54, 1.807) is 18.3 Å². The fourth-order valence-corrected chi connectivity index (χ4v) is 3.67. The lowest BCUT2D eigenvalue weighted by atomic mass is 10.0. The van der Waals surface area contributed by atoms with E-state index in [0.717, 1.165) is 22.4 Å². The van der Waals surface area contributed by atoms with Crippen molar-refractivity contribution in [1.29, 1.82) is 0 Å². The van der Waals surface area contributed by atoms with Crippen LogP contribution >= 0.6 is 0 Å². The van der Waals surface area contributed by atoms with Crippen molar-refractivity contribution in [3.63, 3.8) is 0 Å². The van der Waals surface area contributed by atoms with Crippen LogP contribution in [0.2, 0.25) is 0 Å². The van der Waals surface area contributed by atoms with Gasteiger partial charge in [0, 0.05) is 23.7 Å². The molecule has 3 aromatic carbocycles. The number of carbonyl (C=O) groups excluding carboxylic acids is 2. The minimum atomic E-state index is -0.396. The van der Waals surface area contributed by atoms with Gasteiger partial charge in [-0.15, -0.1) is 0 Å². The highest BCUT2D eigenvalue weighted by Gasteiger charge is 2.15. The normalized spacial score (nSPS) is 10.6. The fourth-order valence-electron chi connectivity index (χ4n) is 3.67. The Kier molecular flexibility index (Phi) is 7.57. The molecule has 7 heteroatoms. The van der Waals surface area contributed by atoms with E-state index in [0.29, 0.717) is 42.1 Å². The van der Waals surface area contributed by atoms with Crippen LogP contribution in [0.15, 0.2) is 79.0 Å². The van der Waals surface area contributed by atoms with Gasteiger partial charge in [-0.2, -0.15) is 0 Å². The third-order valence-corrected chi connectivity index (χ3v) is 5.55. The lowest BCUT2D eigenvalue weighted by Gasteiger charge is -2.08. The number of imidazole rings is 1. The Bertz CT molecular complexity index is 1290. The summed E-state index contributed by atoms with van der Waals surface area (Å²) in [4.78, 5) is 31.1. The number of esters is 2. The number of hydrogen-bond acceptors (Lipinski definition) is 6. The lowest BCUT2D eigenvalue weighted by molar-refractivity contribution is -0.140. The molecule has 1 N–H and O–H groups in total. The minimum Gasteiger partial charge on any atom is -0.494 e. The third-order valence-electron chi connectivity index (χ3n) is 5.55. The number of carbonyl (C=O) groups is 2. The molecule has 0 saturated carbocycles. The van der Waals surface area contributed by atoms with Crippen molar-refractivity contribution < 1.29 is 23.8 Å². The summed E-state index contributed by atoms with van der Waals surface area (Å²) in [5, 5.41) is 0. The van der Waals surface area contributed by atoms with Crippen molar-refractivity contribution >= 4 is 11.9 Å². The average Bonchev–Trinajstić information content (AvgIpc) is 3.41. The Morgan fingerprint density at radius 1 is 0.829 bits per heavy atom. The third kappa shape index (κ3) is 5.76. The molecule has 0 bridgehead atoms. The number of rotatable bonds is 9. The molecule has 0 unspecified atom stereocenters. The molecule has 1 aromatic heterocycles. The summed E-state index contributed by atoms with van der Waals surface area (Å²) in [6.07, 6.45) is 2.74. The van der Waals surface area contributed by atoms with E-state index in [-0.39, 0.29) is 5.97 Å². The molecule has 0 spiro atoms. The van der Waals surface area contributed by atoms with Crippen molar-refractivity contribution in [1.82, 2.24) is 9.97 Å². The molecular formula is C28H26N2O5. The van der Waals surface area contributed by atoms with Crippen LogP contribution in [0, 0.1) is 0 Å². The summed E-state index contributed by atoms with van der Waals surface area (Å²) in [5.74, 6) is 0.837. The standard InChI is InChI=1S/C28H26N2O5/c1-33-26(31)8-5-17-35-22-15-13-20(14-16-22)19-9-11-21(12-10-19)27-29-18-25(30-27)23-6-3-4-7-24(23)28(32)34-2/h3-4,6-7,9-16,18H,5,8,17H2,1-2H3,(H,29,30). The van der Waals surface area contributed by atoms with Crippen LogP contribution in [0.4, 0.5) is 0 Å². The van der Waals surface area contributed by atoms with Crippen molar-refractivity contribution in [3.8, 4) is 39.5 Å². The van der Waals surface area contributed by atoms with Gasteiger partial charge < -0.3 is 19.2 Å². The van der Waals surface area contributed by atoms with Gasteiger partial charge in [0.15, 0.2) is 0 Å². The van der Waals surface area contributed by atoms with Crippen LogP contribution in [0.25, 0.3) is 33.8 Å². The summed E-state index contributed by atoms with van der Waals surface area (Å²) < 4.78 is 15.2. The van der Waals surface area contributed by atoms with Crippen LogP contribution in [0.5, 0.6) is 5.75 Å². The number of hydrogen-bond donors (Lipinski definition) is 1. The molecule has 0 aliphatic carbocycles. The average molecular weight is 471 g/mol. The van der Waals surface area contributed by atoms with E-state index in [1.165, 1.54) is 14.2 Å². The van der Waals surface area contributed by atoms with Gasteiger partial charge in [0.2, 0.25) is 0 Å². The highest BCUT2D eigenvalue weighted by Crippen LogP contribution is 2.28. The highest BCUT2D eigenvalue weighted by atomic mass is 16.5. The molecule has 1 heterocycles. The molecule has 7 nitrogen and oxygen atoms in total. The maximum atomic E-state index is 12.1. The monoisotopic (exact) mass is 470 g/mol. The van der Waals surface area contributed by atoms with Gasteiger partial charge in [-0.1, -0.05) is 54.6 Å². The van der Waals surface area contributed by atoms with Gasteiger partial charge in [-0.3, -0.25) is 4.79 Å². The predicted molar refractivity (Wildman–Crippen MR) is 133 cm³/mol. The van der Waals surface area contributed by atoms with Crippen LogP contribution in [0.3, 0.4) is 0 Å². The van der Waals surface area contributed by atoms with E-state index in [9.17, 15) is 9.59 Å². The lowest BCUT2D eigenvalue weighted by Crippen LogP contribution is -2.04. The number of aromatic amines is 1. The van der Waals surface area contributed by atoms with Crippen molar-refractivity contribution in [2.75, 3.05) is 20.8 Å². The van der Waals surface area contributed by atoms with Gasteiger partial charge >= 0.3 is 11.9 Å². The quantitative estimate of drug-likeness (QED) is 0.256. The van der Waals surface area contributed by atoms with Crippen LogP contribution in [0.1, 0.15) is 23.2 Å². The Labute approximate surface area is 203 Å². The first-order valence-corrected chi connectivity index (χ1v) is 11.2. The van der Waals surface area contributed by atoms with Gasteiger partial charge in [0.05, 0.1) is 32.1 Å².